The summed E-state index contributed by atoms with van der Waals surface area (Å²) in [6.07, 6.45) is 2.35. The molecule has 0 bridgehead atoms. The van der Waals surface area contributed by atoms with Gasteiger partial charge in [0.15, 0.2) is 6.61 Å². The van der Waals surface area contributed by atoms with Gasteiger partial charge in [-0.05, 0) is 49.4 Å². The zero-order chi connectivity index (χ0) is 21.9. The molecule has 5 heteroatoms. The average Bonchev–Trinajstić information content (AvgIpc) is 2.77. The Kier molecular flexibility index (Phi) is 9.39. The third kappa shape index (κ3) is 6.90. The summed E-state index contributed by atoms with van der Waals surface area (Å²) >= 11 is 0. The number of aryl methyl sites for hydroxylation is 2. The Bertz CT molecular complexity index is 800. The third-order valence-corrected chi connectivity index (χ3v) is 5.10. The molecule has 1 atom stereocenters. The maximum atomic E-state index is 13.1. The van der Waals surface area contributed by atoms with Crippen LogP contribution in [0.15, 0.2) is 48.5 Å². The molecule has 2 amide bonds. The molecule has 30 heavy (non-hydrogen) atoms. The molecule has 1 N–H and O–H groups in total. The van der Waals surface area contributed by atoms with Crippen molar-refractivity contribution >= 4 is 11.8 Å². The average molecular weight is 411 g/mol. The first-order valence-corrected chi connectivity index (χ1v) is 10.8. The fourth-order valence-electron chi connectivity index (χ4n) is 3.23. The SMILES string of the molecule is CCCNC(=O)[C@@H](CC)N(Cc1ccc(C)cc1)C(=O)COc1ccc(CC)cc1. The minimum absolute atomic E-state index is 0.102. The Morgan fingerprint density at radius 2 is 1.60 bits per heavy atom. The van der Waals surface area contributed by atoms with Crippen LogP contribution in [-0.2, 0) is 22.6 Å². The summed E-state index contributed by atoms with van der Waals surface area (Å²) in [6.45, 7) is 8.92. The van der Waals surface area contributed by atoms with Crippen LogP contribution >= 0.6 is 0 Å². The summed E-state index contributed by atoms with van der Waals surface area (Å²) in [4.78, 5) is 27.5. The minimum atomic E-state index is -0.531. The number of carbonyl (C=O) groups is 2. The van der Waals surface area contributed by atoms with E-state index in [4.69, 9.17) is 4.74 Å². The fourth-order valence-corrected chi connectivity index (χ4v) is 3.23. The molecule has 2 rings (SSSR count). The van der Waals surface area contributed by atoms with Crippen molar-refractivity contribution < 1.29 is 14.3 Å². The molecular weight excluding hydrogens is 376 g/mol. The van der Waals surface area contributed by atoms with Crippen LogP contribution in [0.3, 0.4) is 0 Å². The van der Waals surface area contributed by atoms with Gasteiger partial charge in [0.25, 0.3) is 5.91 Å². The molecule has 0 radical (unpaired) electrons. The quantitative estimate of drug-likeness (QED) is 0.602. The van der Waals surface area contributed by atoms with Gasteiger partial charge in [0, 0.05) is 13.1 Å². The van der Waals surface area contributed by atoms with Crippen LogP contribution in [0, 0.1) is 6.92 Å². The minimum Gasteiger partial charge on any atom is -0.484 e. The number of carbonyl (C=O) groups excluding carboxylic acids is 2. The highest BCUT2D eigenvalue weighted by Gasteiger charge is 2.28. The monoisotopic (exact) mass is 410 g/mol. The van der Waals surface area contributed by atoms with Gasteiger partial charge in [-0.1, -0.05) is 62.7 Å². The van der Waals surface area contributed by atoms with Gasteiger partial charge in [-0.3, -0.25) is 9.59 Å². The number of hydrogen-bond acceptors (Lipinski definition) is 3. The Morgan fingerprint density at radius 3 is 2.17 bits per heavy atom. The third-order valence-electron chi connectivity index (χ3n) is 5.10. The largest absolute Gasteiger partial charge is 0.484 e. The van der Waals surface area contributed by atoms with E-state index in [0.29, 0.717) is 25.3 Å². The topological polar surface area (TPSA) is 58.6 Å². The standard InChI is InChI=1S/C25H34N2O3/c1-5-16-26-25(29)23(7-3)27(17-21-10-8-19(4)9-11-21)24(28)18-30-22-14-12-20(6-2)13-15-22/h8-15,23H,5-7,16-18H2,1-4H3,(H,26,29)/t23-/m1/s1. The maximum Gasteiger partial charge on any atom is 0.261 e. The van der Waals surface area contributed by atoms with Crippen LogP contribution in [0.2, 0.25) is 0 Å². The molecule has 2 aromatic rings. The van der Waals surface area contributed by atoms with E-state index in [1.54, 1.807) is 4.90 Å². The van der Waals surface area contributed by atoms with Gasteiger partial charge in [0.1, 0.15) is 11.8 Å². The van der Waals surface area contributed by atoms with Crippen molar-refractivity contribution in [1.82, 2.24) is 10.2 Å². The smallest absolute Gasteiger partial charge is 0.261 e. The molecule has 2 aromatic carbocycles. The van der Waals surface area contributed by atoms with E-state index < -0.39 is 6.04 Å². The first kappa shape index (κ1) is 23.5. The second-order valence-corrected chi connectivity index (χ2v) is 7.51. The summed E-state index contributed by atoms with van der Waals surface area (Å²) in [6, 6.07) is 15.2. The summed E-state index contributed by atoms with van der Waals surface area (Å²) < 4.78 is 5.74. The molecular formula is C25H34N2O3. The van der Waals surface area contributed by atoms with Gasteiger partial charge in [0.05, 0.1) is 0 Å². The lowest BCUT2D eigenvalue weighted by molar-refractivity contribution is -0.143. The Labute approximate surface area is 180 Å². The maximum absolute atomic E-state index is 13.1. The number of ether oxygens (including phenoxy) is 1. The van der Waals surface area contributed by atoms with E-state index in [9.17, 15) is 9.59 Å². The summed E-state index contributed by atoms with van der Waals surface area (Å²) in [7, 11) is 0. The van der Waals surface area contributed by atoms with Crippen molar-refractivity contribution in [3.8, 4) is 5.75 Å². The highest BCUT2D eigenvalue weighted by Crippen LogP contribution is 2.16. The lowest BCUT2D eigenvalue weighted by atomic mass is 10.1. The first-order chi connectivity index (χ1) is 14.5. The van der Waals surface area contributed by atoms with Gasteiger partial charge in [-0.25, -0.2) is 0 Å². The lowest BCUT2D eigenvalue weighted by Crippen LogP contribution is -2.50. The van der Waals surface area contributed by atoms with Crippen LogP contribution in [0.1, 0.15) is 50.3 Å². The number of benzene rings is 2. The van der Waals surface area contributed by atoms with E-state index in [2.05, 4.69) is 12.2 Å². The fraction of sp³-hybridized carbons (Fsp3) is 0.440. The van der Waals surface area contributed by atoms with Gasteiger partial charge in [-0.15, -0.1) is 0 Å². The summed E-state index contributed by atoms with van der Waals surface area (Å²) in [5.41, 5.74) is 3.36. The van der Waals surface area contributed by atoms with Crippen LogP contribution < -0.4 is 10.1 Å². The zero-order valence-electron chi connectivity index (χ0n) is 18.6. The molecule has 0 saturated carbocycles. The van der Waals surface area contributed by atoms with E-state index >= 15 is 0 Å². The molecule has 0 aliphatic rings. The molecule has 0 aliphatic heterocycles. The van der Waals surface area contributed by atoms with Crippen LogP contribution in [-0.4, -0.2) is 35.9 Å². The van der Waals surface area contributed by atoms with Crippen molar-refractivity contribution in [2.24, 2.45) is 0 Å². The number of rotatable bonds is 11. The Hall–Kier alpha value is -2.82. The molecule has 0 heterocycles. The number of nitrogens with one attached hydrogen (secondary N) is 1. The number of amides is 2. The van der Waals surface area contributed by atoms with Crippen LogP contribution in [0.4, 0.5) is 0 Å². The normalized spacial score (nSPS) is 11.6. The van der Waals surface area contributed by atoms with Crippen molar-refractivity contribution in [1.29, 1.82) is 0 Å². The van der Waals surface area contributed by atoms with Gasteiger partial charge >= 0.3 is 0 Å². The molecule has 0 aliphatic carbocycles. The van der Waals surface area contributed by atoms with E-state index in [0.717, 1.165) is 24.0 Å². The molecule has 0 fully saturated rings. The second kappa shape index (κ2) is 12.0. The predicted molar refractivity (Wildman–Crippen MR) is 120 cm³/mol. The molecule has 0 unspecified atom stereocenters. The summed E-state index contributed by atoms with van der Waals surface area (Å²) in [5.74, 6) is 0.333. The highest BCUT2D eigenvalue weighted by molar-refractivity contribution is 5.88. The summed E-state index contributed by atoms with van der Waals surface area (Å²) in [5, 5.41) is 2.93. The zero-order valence-corrected chi connectivity index (χ0v) is 18.6. The van der Waals surface area contributed by atoms with Crippen molar-refractivity contribution in [2.75, 3.05) is 13.2 Å². The van der Waals surface area contributed by atoms with Crippen molar-refractivity contribution in [3.05, 3.63) is 65.2 Å². The van der Waals surface area contributed by atoms with Crippen LogP contribution in [0.5, 0.6) is 5.75 Å². The number of nitrogens with zero attached hydrogens (tertiary/aromatic N) is 1. The Morgan fingerprint density at radius 1 is 0.967 bits per heavy atom. The predicted octanol–water partition coefficient (Wildman–Crippen LogP) is 4.27. The molecule has 0 aromatic heterocycles. The molecule has 0 saturated heterocycles. The molecule has 0 spiro atoms. The second-order valence-electron chi connectivity index (χ2n) is 7.51. The van der Waals surface area contributed by atoms with Gasteiger partial charge in [-0.2, -0.15) is 0 Å². The highest BCUT2D eigenvalue weighted by atomic mass is 16.5. The van der Waals surface area contributed by atoms with Gasteiger partial charge in [0.2, 0.25) is 5.91 Å². The van der Waals surface area contributed by atoms with Crippen molar-refractivity contribution in [2.45, 2.75) is 59.5 Å². The molecule has 162 valence electrons. The van der Waals surface area contributed by atoms with E-state index in [1.807, 2.05) is 69.3 Å². The van der Waals surface area contributed by atoms with Crippen molar-refractivity contribution in [3.63, 3.8) is 0 Å². The molecule has 5 nitrogen and oxygen atoms in total. The van der Waals surface area contributed by atoms with E-state index in [1.165, 1.54) is 5.56 Å². The van der Waals surface area contributed by atoms with Crippen LogP contribution in [0.25, 0.3) is 0 Å². The first-order valence-electron chi connectivity index (χ1n) is 10.8. The lowest BCUT2D eigenvalue weighted by Gasteiger charge is -2.30. The van der Waals surface area contributed by atoms with Gasteiger partial charge < -0.3 is 15.0 Å². The van der Waals surface area contributed by atoms with E-state index in [-0.39, 0.29) is 18.4 Å². The number of hydrogen-bond donors (Lipinski definition) is 1. The Balaban J connectivity index is 2.15.